The predicted octanol–water partition coefficient (Wildman–Crippen LogP) is 3.49. The smallest absolute Gasteiger partial charge is 0.119 e. The zero-order chi connectivity index (χ0) is 13.1. The van der Waals surface area contributed by atoms with Crippen molar-refractivity contribution in [2.24, 2.45) is 5.73 Å². The second-order valence-electron chi connectivity index (χ2n) is 5.44. The van der Waals surface area contributed by atoms with Gasteiger partial charge in [0.2, 0.25) is 0 Å². The lowest BCUT2D eigenvalue weighted by Crippen LogP contribution is -2.33. The van der Waals surface area contributed by atoms with Crippen LogP contribution in [0.2, 0.25) is 0 Å². The Bertz CT molecular complexity index is 340. The van der Waals surface area contributed by atoms with Crippen LogP contribution in [0.4, 0.5) is 0 Å². The van der Waals surface area contributed by atoms with Gasteiger partial charge in [-0.15, -0.1) is 0 Å². The van der Waals surface area contributed by atoms with Crippen molar-refractivity contribution in [1.29, 1.82) is 0 Å². The summed E-state index contributed by atoms with van der Waals surface area (Å²) in [7, 11) is 0. The molecule has 0 bridgehead atoms. The maximum atomic E-state index is 5.78. The zero-order valence-electron chi connectivity index (χ0n) is 11.7. The summed E-state index contributed by atoms with van der Waals surface area (Å²) < 4.78 is 5.75. The maximum absolute atomic E-state index is 5.78. The van der Waals surface area contributed by atoms with Gasteiger partial charge >= 0.3 is 0 Å². The van der Waals surface area contributed by atoms with Gasteiger partial charge in [-0.1, -0.05) is 32.9 Å². The second-order valence-corrected chi connectivity index (χ2v) is 5.44. The van der Waals surface area contributed by atoms with Gasteiger partial charge in [0.25, 0.3) is 0 Å². The van der Waals surface area contributed by atoms with Gasteiger partial charge in [-0.05, 0) is 43.4 Å². The molecule has 2 nitrogen and oxygen atoms in total. The molecule has 0 aliphatic carbocycles. The first-order valence-electron chi connectivity index (χ1n) is 6.39. The van der Waals surface area contributed by atoms with Gasteiger partial charge in [0.15, 0.2) is 0 Å². The molecule has 17 heavy (non-hydrogen) atoms. The Balaban J connectivity index is 2.75. The third kappa shape index (κ3) is 3.74. The monoisotopic (exact) mass is 235 g/mol. The van der Waals surface area contributed by atoms with Crippen molar-refractivity contribution in [3.05, 3.63) is 29.8 Å². The van der Waals surface area contributed by atoms with Crippen molar-refractivity contribution in [2.45, 2.75) is 58.6 Å². The molecule has 0 aromatic heterocycles. The van der Waals surface area contributed by atoms with Crippen LogP contribution in [0.3, 0.4) is 0 Å². The van der Waals surface area contributed by atoms with Crippen molar-refractivity contribution in [3.8, 4) is 5.75 Å². The van der Waals surface area contributed by atoms with Crippen LogP contribution < -0.4 is 10.5 Å². The first-order chi connectivity index (χ1) is 7.86. The normalized spacial score (nSPS) is 15.4. The van der Waals surface area contributed by atoms with E-state index < -0.39 is 0 Å². The molecule has 96 valence electrons. The summed E-state index contributed by atoms with van der Waals surface area (Å²) in [6.45, 7) is 10.7. The molecule has 1 rings (SSSR count). The van der Waals surface area contributed by atoms with Crippen LogP contribution in [-0.4, -0.2) is 12.1 Å². The van der Waals surface area contributed by atoms with E-state index in [0.717, 1.165) is 12.2 Å². The molecule has 0 aliphatic rings. The highest BCUT2D eigenvalue weighted by Gasteiger charge is 2.18. The van der Waals surface area contributed by atoms with Crippen molar-refractivity contribution in [3.63, 3.8) is 0 Å². The van der Waals surface area contributed by atoms with Crippen molar-refractivity contribution in [1.82, 2.24) is 0 Å². The van der Waals surface area contributed by atoms with Crippen molar-refractivity contribution < 1.29 is 4.74 Å². The van der Waals surface area contributed by atoms with Gasteiger partial charge in [0.1, 0.15) is 11.9 Å². The largest absolute Gasteiger partial charge is 0.489 e. The topological polar surface area (TPSA) is 35.2 Å². The van der Waals surface area contributed by atoms with Gasteiger partial charge < -0.3 is 10.5 Å². The lowest BCUT2D eigenvalue weighted by atomic mass is 9.82. The van der Waals surface area contributed by atoms with E-state index in [2.05, 4.69) is 32.9 Å². The number of hydrogen-bond donors (Lipinski definition) is 1. The van der Waals surface area contributed by atoms with Gasteiger partial charge in [-0.3, -0.25) is 0 Å². The van der Waals surface area contributed by atoms with Gasteiger partial charge in [0, 0.05) is 6.04 Å². The lowest BCUT2D eigenvalue weighted by Gasteiger charge is -2.24. The average molecular weight is 235 g/mol. The average Bonchev–Trinajstić information content (AvgIpc) is 2.29. The maximum Gasteiger partial charge on any atom is 0.119 e. The van der Waals surface area contributed by atoms with Crippen molar-refractivity contribution >= 4 is 0 Å². The van der Waals surface area contributed by atoms with E-state index in [1.165, 1.54) is 5.56 Å². The van der Waals surface area contributed by atoms with Gasteiger partial charge in [-0.25, -0.2) is 0 Å². The third-order valence-corrected chi connectivity index (χ3v) is 3.58. The standard InChI is InChI=1S/C15H25NO/c1-6-15(4,5)13-7-9-14(10-8-13)17-12(3)11(2)16/h7-12H,6,16H2,1-5H3/t11-,12?/m0/s1. The predicted molar refractivity (Wildman–Crippen MR) is 73.5 cm³/mol. The Morgan fingerprint density at radius 3 is 2.12 bits per heavy atom. The van der Waals surface area contributed by atoms with Crippen LogP contribution in [0.25, 0.3) is 0 Å². The van der Waals surface area contributed by atoms with Crippen LogP contribution in [0.5, 0.6) is 5.75 Å². The minimum atomic E-state index is 0.0417. The first-order valence-corrected chi connectivity index (χ1v) is 6.39. The Morgan fingerprint density at radius 2 is 1.71 bits per heavy atom. The highest BCUT2D eigenvalue weighted by Crippen LogP contribution is 2.28. The summed E-state index contributed by atoms with van der Waals surface area (Å²) in [5, 5.41) is 0. The van der Waals surface area contributed by atoms with Crippen LogP contribution >= 0.6 is 0 Å². The van der Waals surface area contributed by atoms with E-state index in [1.807, 2.05) is 26.0 Å². The molecule has 0 aliphatic heterocycles. The summed E-state index contributed by atoms with van der Waals surface area (Å²) in [4.78, 5) is 0. The number of nitrogens with two attached hydrogens (primary N) is 1. The summed E-state index contributed by atoms with van der Waals surface area (Å²) >= 11 is 0. The molecule has 0 fully saturated rings. The Hall–Kier alpha value is -1.02. The SMILES string of the molecule is CCC(C)(C)c1ccc(OC(C)[C@H](C)N)cc1. The minimum Gasteiger partial charge on any atom is -0.489 e. The molecule has 1 unspecified atom stereocenters. The van der Waals surface area contributed by atoms with Gasteiger partial charge in [0.05, 0.1) is 0 Å². The van der Waals surface area contributed by atoms with E-state index in [9.17, 15) is 0 Å². The highest BCUT2D eigenvalue weighted by molar-refractivity contribution is 5.31. The molecule has 2 N–H and O–H groups in total. The molecule has 0 radical (unpaired) electrons. The fourth-order valence-corrected chi connectivity index (χ4v) is 1.51. The van der Waals surface area contributed by atoms with E-state index in [0.29, 0.717) is 0 Å². The fourth-order valence-electron chi connectivity index (χ4n) is 1.51. The molecule has 0 saturated carbocycles. The molecule has 1 aromatic carbocycles. The molecular weight excluding hydrogens is 210 g/mol. The summed E-state index contributed by atoms with van der Waals surface area (Å²) in [5.41, 5.74) is 7.35. The van der Waals surface area contributed by atoms with E-state index in [1.54, 1.807) is 0 Å². The Kier molecular flexibility index (Phi) is 4.58. The summed E-state index contributed by atoms with van der Waals surface area (Å²) in [5.74, 6) is 0.894. The van der Waals surface area contributed by atoms with E-state index in [-0.39, 0.29) is 17.6 Å². The number of ether oxygens (including phenoxy) is 1. The minimum absolute atomic E-state index is 0.0417. The van der Waals surface area contributed by atoms with Crippen LogP contribution in [0.1, 0.15) is 46.6 Å². The third-order valence-electron chi connectivity index (χ3n) is 3.58. The summed E-state index contributed by atoms with van der Waals surface area (Å²) in [6.07, 6.45) is 1.17. The number of hydrogen-bond acceptors (Lipinski definition) is 2. The first kappa shape index (κ1) is 14.0. The molecule has 1 aromatic rings. The Morgan fingerprint density at radius 1 is 1.18 bits per heavy atom. The molecule has 2 atom stereocenters. The van der Waals surface area contributed by atoms with E-state index >= 15 is 0 Å². The molecular formula is C15H25NO. The molecule has 0 saturated heterocycles. The summed E-state index contributed by atoms with van der Waals surface area (Å²) in [6, 6.07) is 8.40. The number of benzene rings is 1. The Labute approximate surface area is 105 Å². The molecule has 0 heterocycles. The second kappa shape index (κ2) is 5.54. The van der Waals surface area contributed by atoms with Gasteiger partial charge in [-0.2, -0.15) is 0 Å². The quantitative estimate of drug-likeness (QED) is 0.848. The highest BCUT2D eigenvalue weighted by atomic mass is 16.5. The van der Waals surface area contributed by atoms with Crippen LogP contribution in [0.15, 0.2) is 24.3 Å². The molecule has 0 amide bonds. The van der Waals surface area contributed by atoms with Crippen LogP contribution in [0, 0.1) is 0 Å². The lowest BCUT2D eigenvalue weighted by molar-refractivity contribution is 0.196. The number of rotatable bonds is 5. The van der Waals surface area contributed by atoms with Crippen molar-refractivity contribution in [2.75, 3.05) is 0 Å². The molecule has 2 heteroatoms. The van der Waals surface area contributed by atoms with E-state index in [4.69, 9.17) is 10.5 Å². The fraction of sp³-hybridized carbons (Fsp3) is 0.600. The molecule has 0 spiro atoms. The zero-order valence-corrected chi connectivity index (χ0v) is 11.7. The van der Waals surface area contributed by atoms with Crippen LogP contribution in [-0.2, 0) is 5.41 Å².